The van der Waals surface area contributed by atoms with Crippen molar-refractivity contribution in [3.8, 4) is 0 Å². The van der Waals surface area contributed by atoms with Crippen molar-refractivity contribution >= 4 is 56.6 Å². The number of carbonyl (C=O) groups excluding carboxylic acids is 1. The highest BCUT2D eigenvalue weighted by molar-refractivity contribution is 7.89. The Morgan fingerprint density at radius 1 is 1.07 bits per heavy atom. The Labute approximate surface area is 189 Å². The third-order valence-electron chi connectivity index (χ3n) is 4.21. The van der Waals surface area contributed by atoms with Gasteiger partial charge in [-0.2, -0.15) is 9.40 Å². The van der Waals surface area contributed by atoms with E-state index in [1.807, 2.05) is 0 Å². The molecule has 0 aliphatic carbocycles. The number of nitrogens with zero attached hydrogens (tertiary/aromatic N) is 3. The number of likely N-dealkylation sites (N-methyl/N-ethyl adjacent to an activating group) is 1. The fourth-order valence-electron chi connectivity index (χ4n) is 2.63. The Morgan fingerprint density at radius 2 is 1.73 bits per heavy atom. The fraction of sp³-hybridized carbons (Fsp3) is 0.158. The molecule has 3 rings (SSSR count). The highest BCUT2D eigenvalue weighted by Crippen LogP contribution is 2.23. The number of hydrogen-bond acceptors (Lipinski definition) is 4. The van der Waals surface area contributed by atoms with E-state index >= 15 is 0 Å². The summed E-state index contributed by atoms with van der Waals surface area (Å²) in [6.45, 7) is -0.0740. The molecule has 0 unspecified atom stereocenters. The Morgan fingerprint density at radius 3 is 2.40 bits per heavy atom. The maximum absolute atomic E-state index is 12.6. The number of halogens is 3. The van der Waals surface area contributed by atoms with Crippen LogP contribution in [0.1, 0.15) is 5.56 Å². The standard InChI is InChI=1S/C19H17Cl3N4O3S/c1-25(30(28,29)16-6-4-14(20)5-7-16)12-19(27)24-18-8-9-23-26(18)11-13-2-3-15(21)10-17(13)22/h2-10H,11-12H2,1H3,(H,24,27). The number of hydrogen-bond donors (Lipinski definition) is 1. The van der Waals surface area contributed by atoms with Gasteiger partial charge in [-0.25, -0.2) is 13.1 Å². The molecule has 0 saturated carbocycles. The van der Waals surface area contributed by atoms with Gasteiger partial charge in [0.2, 0.25) is 15.9 Å². The summed E-state index contributed by atoms with van der Waals surface area (Å²) < 4.78 is 27.7. The van der Waals surface area contributed by atoms with Crippen molar-refractivity contribution in [2.75, 3.05) is 18.9 Å². The molecule has 0 aliphatic heterocycles. The molecule has 1 amide bonds. The largest absolute Gasteiger partial charge is 0.310 e. The zero-order valence-corrected chi connectivity index (χ0v) is 18.8. The van der Waals surface area contributed by atoms with Gasteiger partial charge in [0.1, 0.15) is 5.82 Å². The van der Waals surface area contributed by atoms with Crippen molar-refractivity contribution in [1.82, 2.24) is 14.1 Å². The van der Waals surface area contributed by atoms with Gasteiger partial charge in [0.25, 0.3) is 0 Å². The van der Waals surface area contributed by atoms with E-state index < -0.39 is 15.9 Å². The van der Waals surface area contributed by atoms with Crippen molar-refractivity contribution in [2.24, 2.45) is 0 Å². The van der Waals surface area contributed by atoms with Crippen molar-refractivity contribution in [2.45, 2.75) is 11.4 Å². The zero-order valence-electron chi connectivity index (χ0n) is 15.7. The molecule has 0 atom stereocenters. The van der Waals surface area contributed by atoms with Crippen LogP contribution in [-0.2, 0) is 21.4 Å². The third kappa shape index (κ3) is 5.33. The molecule has 0 spiro atoms. The van der Waals surface area contributed by atoms with Crippen molar-refractivity contribution in [3.63, 3.8) is 0 Å². The molecule has 1 aromatic heterocycles. The molecule has 0 radical (unpaired) electrons. The van der Waals surface area contributed by atoms with Gasteiger partial charge < -0.3 is 5.32 Å². The van der Waals surface area contributed by atoms with Crippen LogP contribution in [0.3, 0.4) is 0 Å². The molecule has 0 fully saturated rings. The predicted octanol–water partition coefficient (Wildman–Crippen LogP) is 4.15. The summed E-state index contributed by atoms with van der Waals surface area (Å²) in [5, 5.41) is 8.26. The lowest BCUT2D eigenvalue weighted by Crippen LogP contribution is -2.35. The molecule has 0 bridgehead atoms. The SMILES string of the molecule is CN(CC(=O)Nc1ccnn1Cc1ccc(Cl)cc1Cl)S(=O)(=O)c1ccc(Cl)cc1. The molecule has 30 heavy (non-hydrogen) atoms. The van der Waals surface area contributed by atoms with Crippen LogP contribution >= 0.6 is 34.8 Å². The van der Waals surface area contributed by atoms with Crippen LogP contribution < -0.4 is 5.32 Å². The first kappa shape index (κ1) is 22.6. The van der Waals surface area contributed by atoms with Crippen molar-refractivity contribution < 1.29 is 13.2 Å². The number of anilines is 1. The molecule has 1 N–H and O–H groups in total. The second kappa shape index (κ2) is 9.36. The quantitative estimate of drug-likeness (QED) is 0.542. The number of carbonyl (C=O) groups is 1. The van der Waals surface area contributed by atoms with Gasteiger partial charge in [0.15, 0.2) is 0 Å². The van der Waals surface area contributed by atoms with E-state index in [9.17, 15) is 13.2 Å². The first-order valence-corrected chi connectivity index (χ1v) is 11.2. The van der Waals surface area contributed by atoms with Crippen molar-refractivity contribution in [3.05, 3.63) is 75.4 Å². The van der Waals surface area contributed by atoms with Crippen LogP contribution in [0.15, 0.2) is 59.6 Å². The van der Waals surface area contributed by atoms with Crippen LogP contribution in [0.25, 0.3) is 0 Å². The fourth-order valence-corrected chi connectivity index (χ4v) is 4.35. The highest BCUT2D eigenvalue weighted by Gasteiger charge is 2.23. The first-order valence-electron chi connectivity index (χ1n) is 8.64. The minimum Gasteiger partial charge on any atom is -0.310 e. The molecular formula is C19H17Cl3N4O3S. The molecule has 0 aliphatic rings. The van der Waals surface area contributed by atoms with Crippen LogP contribution in [0.5, 0.6) is 0 Å². The maximum atomic E-state index is 12.6. The average molecular weight is 488 g/mol. The monoisotopic (exact) mass is 486 g/mol. The Bertz CT molecular complexity index is 1160. The lowest BCUT2D eigenvalue weighted by atomic mass is 10.2. The summed E-state index contributed by atoms with van der Waals surface area (Å²) in [5.41, 5.74) is 0.766. The van der Waals surface area contributed by atoms with E-state index in [1.54, 1.807) is 28.9 Å². The number of sulfonamides is 1. The molecule has 0 saturated heterocycles. The molecular weight excluding hydrogens is 471 g/mol. The summed E-state index contributed by atoms with van der Waals surface area (Å²) in [6.07, 6.45) is 1.52. The smallest absolute Gasteiger partial charge is 0.243 e. The summed E-state index contributed by atoms with van der Waals surface area (Å²) in [5.74, 6) is -0.109. The normalized spacial score (nSPS) is 11.6. The van der Waals surface area contributed by atoms with E-state index in [4.69, 9.17) is 34.8 Å². The van der Waals surface area contributed by atoms with Crippen LogP contribution in [0.4, 0.5) is 5.82 Å². The number of benzene rings is 2. The number of aromatic nitrogens is 2. The molecule has 2 aromatic carbocycles. The second-order valence-electron chi connectivity index (χ2n) is 6.37. The van der Waals surface area contributed by atoms with E-state index in [0.29, 0.717) is 27.4 Å². The minimum atomic E-state index is -3.84. The van der Waals surface area contributed by atoms with Gasteiger partial charge in [-0.05, 0) is 42.0 Å². The predicted molar refractivity (Wildman–Crippen MR) is 118 cm³/mol. The van der Waals surface area contributed by atoms with Gasteiger partial charge in [-0.15, -0.1) is 0 Å². The molecule has 1 heterocycles. The molecule has 3 aromatic rings. The van der Waals surface area contributed by atoms with Gasteiger partial charge in [-0.3, -0.25) is 4.79 Å². The van der Waals surface area contributed by atoms with Gasteiger partial charge in [0.05, 0.1) is 24.2 Å². The second-order valence-corrected chi connectivity index (χ2v) is 9.70. The maximum Gasteiger partial charge on any atom is 0.243 e. The van der Waals surface area contributed by atoms with Crippen molar-refractivity contribution in [1.29, 1.82) is 0 Å². The summed E-state index contributed by atoms with van der Waals surface area (Å²) in [6, 6.07) is 12.4. The summed E-state index contributed by atoms with van der Waals surface area (Å²) >= 11 is 17.9. The van der Waals surface area contributed by atoms with E-state index in [-0.39, 0.29) is 11.4 Å². The molecule has 158 valence electrons. The van der Waals surface area contributed by atoms with Gasteiger partial charge in [-0.1, -0.05) is 40.9 Å². The average Bonchev–Trinajstić information content (AvgIpc) is 3.10. The van der Waals surface area contributed by atoms with E-state index in [1.165, 1.54) is 37.5 Å². The van der Waals surface area contributed by atoms with Crippen LogP contribution in [0, 0.1) is 0 Å². The van der Waals surface area contributed by atoms with Gasteiger partial charge in [0, 0.05) is 28.2 Å². The summed E-state index contributed by atoms with van der Waals surface area (Å²) in [4.78, 5) is 12.5. The Balaban J connectivity index is 1.68. The molecule has 7 nitrogen and oxygen atoms in total. The number of nitrogens with one attached hydrogen (secondary N) is 1. The third-order valence-corrected chi connectivity index (χ3v) is 6.86. The van der Waals surface area contributed by atoms with E-state index in [2.05, 4.69) is 10.4 Å². The zero-order chi connectivity index (χ0) is 21.9. The van der Waals surface area contributed by atoms with Crippen LogP contribution in [0.2, 0.25) is 15.1 Å². The highest BCUT2D eigenvalue weighted by atomic mass is 35.5. The Kier molecular flexibility index (Phi) is 7.05. The molecule has 11 heteroatoms. The lowest BCUT2D eigenvalue weighted by molar-refractivity contribution is -0.116. The van der Waals surface area contributed by atoms with Gasteiger partial charge >= 0.3 is 0 Å². The first-order chi connectivity index (χ1) is 14.2. The minimum absolute atomic E-state index is 0.0459. The van der Waals surface area contributed by atoms with Crippen LogP contribution in [-0.4, -0.2) is 42.0 Å². The van der Waals surface area contributed by atoms with E-state index in [0.717, 1.165) is 9.87 Å². The Hall–Kier alpha value is -2.10. The topological polar surface area (TPSA) is 84.3 Å². The number of amides is 1. The lowest BCUT2D eigenvalue weighted by Gasteiger charge is -2.17. The number of rotatable bonds is 7. The summed E-state index contributed by atoms with van der Waals surface area (Å²) in [7, 11) is -2.51.